The monoisotopic (exact) mass is 324 g/mol. The molecule has 3 heteroatoms. The lowest BCUT2D eigenvalue weighted by molar-refractivity contribution is 0.535. The van der Waals surface area contributed by atoms with Gasteiger partial charge >= 0.3 is 0 Å². The SMILES string of the molecule is CC(C)CN(c1ccc(CN)cc1Br)C1CCCC1. The van der Waals surface area contributed by atoms with Gasteiger partial charge in [0.15, 0.2) is 0 Å². The van der Waals surface area contributed by atoms with Crippen molar-refractivity contribution >= 4 is 21.6 Å². The molecule has 0 amide bonds. The van der Waals surface area contributed by atoms with Crippen LogP contribution in [0.5, 0.6) is 0 Å². The summed E-state index contributed by atoms with van der Waals surface area (Å²) in [6.07, 6.45) is 5.41. The minimum Gasteiger partial charge on any atom is -0.367 e. The van der Waals surface area contributed by atoms with Gasteiger partial charge in [-0.05, 0) is 52.4 Å². The third-order valence-electron chi connectivity index (χ3n) is 3.88. The van der Waals surface area contributed by atoms with Gasteiger partial charge in [0.2, 0.25) is 0 Å². The second kappa shape index (κ2) is 6.76. The molecule has 0 aromatic heterocycles. The maximum Gasteiger partial charge on any atom is 0.0513 e. The van der Waals surface area contributed by atoms with Crippen molar-refractivity contribution < 1.29 is 0 Å². The number of halogens is 1. The van der Waals surface area contributed by atoms with Gasteiger partial charge in [0.05, 0.1) is 5.69 Å². The molecule has 1 aliphatic carbocycles. The van der Waals surface area contributed by atoms with E-state index in [9.17, 15) is 0 Å². The van der Waals surface area contributed by atoms with E-state index in [2.05, 4.69) is 52.9 Å². The molecule has 106 valence electrons. The van der Waals surface area contributed by atoms with E-state index in [1.807, 2.05) is 0 Å². The fourth-order valence-corrected chi connectivity index (χ4v) is 3.62. The number of rotatable bonds is 5. The lowest BCUT2D eigenvalue weighted by atomic mass is 10.1. The minimum atomic E-state index is 0.604. The van der Waals surface area contributed by atoms with Crippen molar-refractivity contribution in [3.63, 3.8) is 0 Å². The van der Waals surface area contributed by atoms with E-state index in [1.54, 1.807) is 0 Å². The van der Waals surface area contributed by atoms with Crippen LogP contribution in [0.4, 0.5) is 5.69 Å². The molecule has 0 unspecified atom stereocenters. The fraction of sp³-hybridized carbons (Fsp3) is 0.625. The average Bonchev–Trinajstić information content (AvgIpc) is 2.89. The number of nitrogens with two attached hydrogens (primary N) is 1. The minimum absolute atomic E-state index is 0.604. The number of nitrogens with zero attached hydrogens (tertiary/aromatic N) is 1. The number of hydrogen-bond acceptors (Lipinski definition) is 2. The van der Waals surface area contributed by atoms with E-state index in [0.29, 0.717) is 18.5 Å². The van der Waals surface area contributed by atoms with E-state index in [0.717, 1.165) is 6.54 Å². The van der Waals surface area contributed by atoms with Crippen molar-refractivity contribution in [2.24, 2.45) is 11.7 Å². The van der Waals surface area contributed by atoms with Crippen LogP contribution in [0.15, 0.2) is 22.7 Å². The van der Waals surface area contributed by atoms with Crippen molar-refractivity contribution in [2.45, 2.75) is 52.1 Å². The summed E-state index contributed by atoms with van der Waals surface area (Å²) >= 11 is 3.73. The van der Waals surface area contributed by atoms with Gasteiger partial charge in [0.25, 0.3) is 0 Å². The third-order valence-corrected chi connectivity index (χ3v) is 4.52. The second-order valence-electron chi connectivity index (χ2n) is 5.97. The van der Waals surface area contributed by atoms with E-state index in [-0.39, 0.29) is 0 Å². The molecule has 2 nitrogen and oxygen atoms in total. The Morgan fingerprint density at radius 3 is 2.53 bits per heavy atom. The predicted octanol–water partition coefficient (Wildman–Crippen LogP) is 4.31. The summed E-state index contributed by atoms with van der Waals surface area (Å²) in [5.41, 5.74) is 8.23. The molecule has 1 aromatic carbocycles. The summed E-state index contributed by atoms with van der Waals surface area (Å²) in [7, 11) is 0. The van der Waals surface area contributed by atoms with Crippen LogP contribution in [0, 0.1) is 5.92 Å². The zero-order chi connectivity index (χ0) is 13.8. The molecule has 0 spiro atoms. The van der Waals surface area contributed by atoms with Gasteiger partial charge in [-0.25, -0.2) is 0 Å². The Balaban J connectivity index is 2.26. The van der Waals surface area contributed by atoms with Gasteiger partial charge in [-0.15, -0.1) is 0 Å². The summed E-state index contributed by atoms with van der Waals surface area (Å²) < 4.78 is 1.18. The molecule has 0 radical (unpaired) electrons. The van der Waals surface area contributed by atoms with E-state index in [1.165, 1.54) is 41.4 Å². The first-order valence-electron chi connectivity index (χ1n) is 7.37. The first-order chi connectivity index (χ1) is 9.11. The topological polar surface area (TPSA) is 29.3 Å². The maximum atomic E-state index is 5.71. The van der Waals surface area contributed by atoms with Crippen LogP contribution < -0.4 is 10.6 Å². The Kier molecular flexibility index (Phi) is 5.28. The highest BCUT2D eigenvalue weighted by atomic mass is 79.9. The van der Waals surface area contributed by atoms with Crippen LogP contribution >= 0.6 is 15.9 Å². The molecule has 0 heterocycles. The summed E-state index contributed by atoms with van der Waals surface area (Å²) in [5, 5.41) is 0. The second-order valence-corrected chi connectivity index (χ2v) is 6.83. The Labute approximate surface area is 125 Å². The van der Waals surface area contributed by atoms with Crippen LogP contribution in [-0.2, 0) is 6.54 Å². The molecule has 0 atom stereocenters. The van der Waals surface area contributed by atoms with Crippen molar-refractivity contribution in [1.29, 1.82) is 0 Å². The van der Waals surface area contributed by atoms with Crippen LogP contribution in [0.1, 0.15) is 45.1 Å². The largest absolute Gasteiger partial charge is 0.367 e. The molecule has 2 N–H and O–H groups in total. The molecule has 0 bridgehead atoms. The van der Waals surface area contributed by atoms with Gasteiger partial charge in [-0.1, -0.05) is 32.8 Å². The number of hydrogen-bond donors (Lipinski definition) is 1. The first kappa shape index (κ1) is 14.9. The third kappa shape index (κ3) is 3.73. The Morgan fingerprint density at radius 2 is 2.00 bits per heavy atom. The van der Waals surface area contributed by atoms with Gasteiger partial charge < -0.3 is 10.6 Å². The molecule has 1 saturated carbocycles. The van der Waals surface area contributed by atoms with Crippen molar-refractivity contribution in [3.05, 3.63) is 28.2 Å². The Bertz CT molecular complexity index is 411. The fourth-order valence-electron chi connectivity index (χ4n) is 2.96. The predicted molar refractivity (Wildman–Crippen MR) is 86.5 cm³/mol. The summed E-state index contributed by atoms with van der Waals surface area (Å²) in [4.78, 5) is 2.60. The molecule has 19 heavy (non-hydrogen) atoms. The highest BCUT2D eigenvalue weighted by molar-refractivity contribution is 9.10. The van der Waals surface area contributed by atoms with Gasteiger partial charge in [-0.3, -0.25) is 0 Å². The lowest BCUT2D eigenvalue weighted by Gasteiger charge is -2.33. The van der Waals surface area contributed by atoms with Gasteiger partial charge in [0, 0.05) is 23.6 Å². The van der Waals surface area contributed by atoms with Gasteiger partial charge in [0.1, 0.15) is 0 Å². The Morgan fingerprint density at radius 1 is 1.32 bits per heavy atom. The zero-order valence-electron chi connectivity index (χ0n) is 12.0. The molecule has 1 aliphatic rings. The molecular weight excluding hydrogens is 300 g/mol. The Hall–Kier alpha value is -0.540. The summed E-state index contributed by atoms with van der Waals surface area (Å²) in [5.74, 6) is 0.682. The van der Waals surface area contributed by atoms with E-state index in [4.69, 9.17) is 5.73 Å². The highest BCUT2D eigenvalue weighted by Crippen LogP contribution is 2.34. The van der Waals surface area contributed by atoms with E-state index >= 15 is 0 Å². The number of anilines is 1. The molecule has 0 aliphatic heterocycles. The highest BCUT2D eigenvalue weighted by Gasteiger charge is 2.24. The molecule has 0 saturated heterocycles. The van der Waals surface area contributed by atoms with Gasteiger partial charge in [-0.2, -0.15) is 0 Å². The standard InChI is InChI=1S/C16H25BrN2/c1-12(2)11-19(14-5-3-4-6-14)16-8-7-13(10-18)9-15(16)17/h7-9,12,14H,3-6,10-11,18H2,1-2H3. The molecule has 2 rings (SSSR count). The van der Waals surface area contributed by atoms with E-state index < -0.39 is 0 Å². The quantitative estimate of drug-likeness (QED) is 0.874. The van der Waals surface area contributed by atoms with Crippen LogP contribution in [0.25, 0.3) is 0 Å². The molecular formula is C16H25BrN2. The zero-order valence-corrected chi connectivity index (χ0v) is 13.6. The molecule has 1 fully saturated rings. The summed E-state index contributed by atoms with van der Waals surface area (Å²) in [6, 6.07) is 7.26. The maximum absolute atomic E-state index is 5.71. The summed E-state index contributed by atoms with van der Waals surface area (Å²) in [6.45, 7) is 6.33. The smallest absolute Gasteiger partial charge is 0.0513 e. The van der Waals surface area contributed by atoms with Crippen molar-refractivity contribution in [1.82, 2.24) is 0 Å². The van der Waals surface area contributed by atoms with Crippen LogP contribution in [0.3, 0.4) is 0 Å². The molecule has 1 aromatic rings. The van der Waals surface area contributed by atoms with Crippen LogP contribution in [0.2, 0.25) is 0 Å². The first-order valence-corrected chi connectivity index (χ1v) is 8.16. The lowest BCUT2D eigenvalue weighted by Crippen LogP contribution is -2.36. The van der Waals surface area contributed by atoms with Crippen LogP contribution in [-0.4, -0.2) is 12.6 Å². The average molecular weight is 325 g/mol. The number of benzene rings is 1. The van der Waals surface area contributed by atoms with Crippen molar-refractivity contribution in [3.8, 4) is 0 Å². The normalized spacial score (nSPS) is 16.3. The van der Waals surface area contributed by atoms with Crippen molar-refractivity contribution in [2.75, 3.05) is 11.4 Å².